The minimum atomic E-state index is -0.767. The quantitative estimate of drug-likeness (QED) is 0.862. The summed E-state index contributed by atoms with van der Waals surface area (Å²) in [7, 11) is 1.92. The number of rotatable bonds is 6. The normalized spacial score (nSPS) is 10.9. The van der Waals surface area contributed by atoms with Gasteiger partial charge in [0.05, 0.1) is 6.42 Å². The van der Waals surface area contributed by atoms with Gasteiger partial charge in [-0.1, -0.05) is 28.1 Å². The number of aromatic nitrogens is 1. The molecule has 0 aliphatic carbocycles. The monoisotopic (exact) mass is 354 g/mol. The van der Waals surface area contributed by atoms with Crippen LogP contribution in [-0.2, 0) is 11.3 Å². The van der Waals surface area contributed by atoms with Crippen LogP contribution in [0.15, 0.2) is 34.9 Å². The van der Waals surface area contributed by atoms with Gasteiger partial charge in [-0.25, -0.2) is 4.98 Å². The summed E-state index contributed by atoms with van der Waals surface area (Å²) >= 11 is 5.05. The Morgan fingerprint density at radius 1 is 1.40 bits per heavy atom. The molecule has 0 fully saturated rings. The second kappa shape index (κ2) is 6.97. The molecule has 0 spiro atoms. The topological polar surface area (TPSA) is 53.4 Å². The standard InChI is InChI=1S/C14H15BrN2O2S/c1-17(7-6-13(18)19)9-12-8-16-14(20-12)10-2-4-11(15)5-3-10/h2-5,8H,6-7,9H2,1H3,(H,18,19). The van der Waals surface area contributed by atoms with Crippen molar-refractivity contribution in [1.29, 1.82) is 0 Å². The van der Waals surface area contributed by atoms with Crippen molar-refractivity contribution in [3.05, 3.63) is 39.8 Å². The van der Waals surface area contributed by atoms with Crippen LogP contribution in [-0.4, -0.2) is 34.6 Å². The Bertz CT molecular complexity index is 583. The number of carboxylic acids is 1. The zero-order valence-corrected chi connectivity index (χ0v) is 13.4. The minimum absolute atomic E-state index is 0.162. The van der Waals surface area contributed by atoms with E-state index in [2.05, 4.69) is 20.9 Å². The molecule has 0 radical (unpaired) electrons. The predicted octanol–water partition coefficient (Wildman–Crippen LogP) is 3.48. The van der Waals surface area contributed by atoms with Crippen molar-refractivity contribution in [2.24, 2.45) is 0 Å². The molecule has 0 atom stereocenters. The lowest BCUT2D eigenvalue weighted by Gasteiger charge is -2.13. The van der Waals surface area contributed by atoms with Crippen LogP contribution in [0.4, 0.5) is 0 Å². The first-order valence-corrected chi connectivity index (χ1v) is 7.76. The van der Waals surface area contributed by atoms with Gasteiger partial charge in [-0.15, -0.1) is 11.3 Å². The number of carbonyl (C=O) groups is 1. The Labute approximate surface area is 130 Å². The summed E-state index contributed by atoms with van der Waals surface area (Å²) in [6, 6.07) is 8.05. The second-order valence-corrected chi connectivity index (χ2v) is 6.55. The molecule has 1 heterocycles. The van der Waals surface area contributed by atoms with E-state index in [0.717, 1.165) is 26.5 Å². The second-order valence-electron chi connectivity index (χ2n) is 4.52. The van der Waals surface area contributed by atoms with Gasteiger partial charge in [0.2, 0.25) is 0 Å². The Hall–Kier alpha value is -1.24. The molecule has 0 aliphatic heterocycles. The van der Waals surface area contributed by atoms with Crippen molar-refractivity contribution in [3.63, 3.8) is 0 Å². The number of thiazole rings is 1. The summed E-state index contributed by atoms with van der Waals surface area (Å²) in [5.41, 5.74) is 1.10. The number of aliphatic carboxylic acids is 1. The van der Waals surface area contributed by atoms with Crippen LogP contribution in [0.5, 0.6) is 0 Å². The smallest absolute Gasteiger partial charge is 0.304 e. The van der Waals surface area contributed by atoms with E-state index in [1.165, 1.54) is 0 Å². The Morgan fingerprint density at radius 3 is 2.75 bits per heavy atom. The Morgan fingerprint density at radius 2 is 2.10 bits per heavy atom. The predicted molar refractivity (Wildman–Crippen MR) is 83.8 cm³/mol. The van der Waals surface area contributed by atoms with Crippen molar-refractivity contribution in [2.45, 2.75) is 13.0 Å². The summed E-state index contributed by atoms with van der Waals surface area (Å²) in [6.45, 7) is 1.27. The molecule has 2 rings (SSSR count). The van der Waals surface area contributed by atoms with Crippen LogP contribution >= 0.6 is 27.3 Å². The lowest BCUT2D eigenvalue weighted by Crippen LogP contribution is -2.20. The molecule has 1 N–H and O–H groups in total. The molecule has 4 nitrogen and oxygen atoms in total. The van der Waals surface area contributed by atoms with E-state index in [4.69, 9.17) is 5.11 Å². The highest BCUT2D eigenvalue weighted by Crippen LogP contribution is 2.26. The molecule has 0 aliphatic rings. The number of hydrogen-bond donors (Lipinski definition) is 1. The summed E-state index contributed by atoms with van der Waals surface area (Å²) in [6.07, 6.45) is 2.02. The molecule has 106 valence electrons. The van der Waals surface area contributed by atoms with Gasteiger partial charge in [0.25, 0.3) is 0 Å². The lowest BCUT2D eigenvalue weighted by atomic mass is 10.2. The highest BCUT2D eigenvalue weighted by Gasteiger charge is 2.08. The number of nitrogens with zero attached hydrogens (tertiary/aromatic N) is 2. The third kappa shape index (κ3) is 4.40. The fourth-order valence-corrected chi connectivity index (χ4v) is 3.00. The molecule has 1 aromatic heterocycles. The number of hydrogen-bond acceptors (Lipinski definition) is 4. The zero-order chi connectivity index (χ0) is 14.5. The van der Waals surface area contributed by atoms with Crippen LogP contribution in [0, 0.1) is 0 Å². The summed E-state index contributed by atoms with van der Waals surface area (Å²) in [5, 5.41) is 9.65. The maximum Gasteiger partial charge on any atom is 0.304 e. The summed E-state index contributed by atoms with van der Waals surface area (Å²) in [5.74, 6) is -0.767. The summed E-state index contributed by atoms with van der Waals surface area (Å²) < 4.78 is 1.05. The van der Waals surface area contributed by atoms with E-state index >= 15 is 0 Å². The number of carboxylic acid groups (broad SMARTS) is 1. The maximum absolute atomic E-state index is 10.5. The van der Waals surface area contributed by atoms with E-state index in [9.17, 15) is 4.79 Å². The van der Waals surface area contributed by atoms with Crippen molar-refractivity contribution in [1.82, 2.24) is 9.88 Å². The van der Waals surface area contributed by atoms with Crippen molar-refractivity contribution in [3.8, 4) is 10.6 Å². The molecular weight excluding hydrogens is 340 g/mol. The number of benzene rings is 1. The summed E-state index contributed by atoms with van der Waals surface area (Å²) in [4.78, 5) is 18.1. The third-order valence-corrected chi connectivity index (χ3v) is 4.34. The van der Waals surface area contributed by atoms with Crippen LogP contribution in [0.25, 0.3) is 10.6 Å². The highest BCUT2D eigenvalue weighted by molar-refractivity contribution is 9.10. The largest absolute Gasteiger partial charge is 0.481 e. The van der Waals surface area contributed by atoms with Gasteiger partial charge in [0, 0.05) is 34.2 Å². The molecule has 0 saturated carbocycles. The first-order chi connectivity index (χ1) is 9.54. The van der Waals surface area contributed by atoms with E-state index in [1.54, 1.807) is 11.3 Å². The van der Waals surface area contributed by atoms with Gasteiger partial charge in [-0.05, 0) is 19.2 Å². The Balaban J connectivity index is 1.98. The molecule has 0 amide bonds. The average Bonchev–Trinajstić information content (AvgIpc) is 2.85. The molecule has 1 aromatic carbocycles. The van der Waals surface area contributed by atoms with Gasteiger partial charge in [0.15, 0.2) is 0 Å². The zero-order valence-electron chi connectivity index (χ0n) is 11.0. The minimum Gasteiger partial charge on any atom is -0.481 e. The third-order valence-electron chi connectivity index (χ3n) is 2.78. The maximum atomic E-state index is 10.5. The van der Waals surface area contributed by atoms with Gasteiger partial charge in [-0.2, -0.15) is 0 Å². The first-order valence-electron chi connectivity index (χ1n) is 6.15. The lowest BCUT2D eigenvalue weighted by molar-refractivity contribution is -0.137. The highest BCUT2D eigenvalue weighted by atomic mass is 79.9. The fourth-order valence-electron chi connectivity index (χ4n) is 1.74. The molecule has 2 aromatic rings. The molecule has 0 unspecified atom stereocenters. The van der Waals surface area contributed by atoms with E-state index in [-0.39, 0.29) is 6.42 Å². The van der Waals surface area contributed by atoms with E-state index in [1.807, 2.05) is 42.4 Å². The van der Waals surface area contributed by atoms with Crippen molar-refractivity contribution >= 4 is 33.2 Å². The van der Waals surface area contributed by atoms with Gasteiger partial charge >= 0.3 is 5.97 Å². The van der Waals surface area contributed by atoms with E-state index in [0.29, 0.717) is 6.54 Å². The van der Waals surface area contributed by atoms with E-state index < -0.39 is 5.97 Å². The van der Waals surface area contributed by atoms with Crippen LogP contribution < -0.4 is 0 Å². The molecular formula is C14H15BrN2O2S. The number of halogens is 1. The van der Waals surface area contributed by atoms with Gasteiger partial charge in [0.1, 0.15) is 5.01 Å². The molecule has 6 heteroatoms. The fraction of sp³-hybridized carbons (Fsp3) is 0.286. The van der Waals surface area contributed by atoms with Crippen LogP contribution in [0.1, 0.15) is 11.3 Å². The van der Waals surface area contributed by atoms with Crippen LogP contribution in [0.2, 0.25) is 0 Å². The SMILES string of the molecule is CN(CCC(=O)O)Cc1cnc(-c2ccc(Br)cc2)s1. The van der Waals surface area contributed by atoms with Crippen LogP contribution in [0.3, 0.4) is 0 Å². The molecule has 0 bridgehead atoms. The van der Waals surface area contributed by atoms with Crippen molar-refractivity contribution < 1.29 is 9.90 Å². The van der Waals surface area contributed by atoms with Gasteiger partial charge < -0.3 is 10.0 Å². The van der Waals surface area contributed by atoms with Gasteiger partial charge in [-0.3, -0.25) is 4.79 Å². The average molecular weight is 355 g/mol. The first kappa shape index (κ1) is 15.2. The molecule has 0 saturated heterocycles. The Kier molecular flexibility index (Phi) is 5.28. The molecule has 20 heavy (non-hydrogen) atoms. The van der Waals surface area contributed by atoms with Crippen molar-refractivity contribution in [2.75, 3.05) is 13.6 Å².